The third kappa shape index (κ3) is 3.45. The van der Waals surface area contributed by atoms with E-state index >= 15 is 0 Å². The maximum Gasteiger partial charge on any atom is 0.194 e. The largest absolute Gasteiger partial charge is 0.299 e. The molecule has 0 spiro atoms. The van der Waals surface area contributed by atoms with Gasteiger partial charge in [-0.15, -0.1) is 0 Å². The van der Waals surface area contributed by atoms with Crippen molar-refractivity contribution in [3.8, 4) is 0 Å². The first-order chi connectivity index (χ1) is 11.0. The van der Waals surface area contributed by atoms with Crippen LogP contribution < -0.4 is 0 Å². The van der Waals surface area contributed by atoms with Crippen LogP contribution in [0.3, 0.4) is 0 Å². The van der Waals surface area contributed by atoms with E-state index in [9.17, 15) is 18.0 Å². The zero-order valence-electron chi connectivity index (χ0n) is 12.5. The summed E-state index contributed by atoms with van der Waals surface area (Å²) in [6, 6.07) is 8.44. The Kier molecular flexibility index (Phi) is 4.48. The van der Waals surface area contributed by atoms with Crippen molar-refractivity contribution in [1.82, 2.24) is 4.90 Å². The van der Waals surface area contributed by atoms with Crippen LogP contribution >= 0.6 is 0 Å². The summed E-state index contributed by atoms with van der Waals surface area (Å²) < 4.78 is 39.6. The van der Waals surface area contributed by atoms with Crippen molar-refractivity contribution in [2.45, 2.75) is 19.4 Å². The molecule has 2 nitrogen and oxygen atoms in total. The Morgan fingerprint density at radius 3 is 2.26 bits per heavy atom. The van der Waals surface area contributed by atoms with E-state index in [1.54, 1.807) is 18.2 Å². The smallest absolute Gasteiger partial charge is 0.194 e. The molecule has 1 aliphatic heterocycles. The van der Waals surface area contributed by atoms with Gasteiger partial charge in [-0.3, -0.25) is 9.69 Å². The number of likely N-dealkylation sites (tertiary alicyclic amines) is 1. The molecule has 1 fully saturated rings. The molecule has 1 heterocycles. The molecule has 0 atom stereocenters. The Labute approximate surface area is 132 Å². The van der Waals surface area contributed by atoms with E-state index in [4.69, 9.17) is 0 Å². The zero-order chi connectivity index (χ0) is 16.4. The molecule has 0 saturated carbocycles. The first-order valence-corrected chi connectivity index (χ1v) is 7.55. The van der Waals surface area contributed by atoms with E-state index in [1.165, 1.54) is 12.8 Å². The Hall–Kier alpha value is -2.14. The fraction of sp³-hybridized carbons (Fsp3) is 0.278. The summed E-state index contributed by atoms with van der Waals surface area (Å²) in [6.07, 6.45) is 2.35. The van der Waals surface area contributed by atoms with Crippen molar-refractivity contribution in [3.63, 3.8) is 0 Å². The van der Waals surface area contributed by atoms with E-state index in [1.807, 2.05) is 6.07 Å². The highest BCUT2D eigenvalue weighted by Gasteiger charge is 2.17. The Bertz CT molecular complexity index is 716. The molecule has 0 aliphatic carbocycles. The van der Waals surface area contributed by atoms with Crippen LogP contribution in [0.15, 0.2) is 36.4 Å². The Balaban J connectivity index is 1.84. The number of hydrogen-bond donors (Lipinski definition) is 0. The number of carbonyl (C=O) groups is 1. The zero-order valence-corrected chi connectivity index (χ0v) is 12.5. The second-order valence-corrected chi connectivity index (χ2v) is 5.77. The maximum atomic E-state index is 13.3. The minimum atomic E-state index is -1.57. The normalized spacial score (nSPS) is 15.1. The van der Waals surface area contributed by atoms with Crippen molar-refractivity contribution in [2.75, 3.05) is 13.1 Å². The number of benzene rings is 2. The molecule has 1 aliphatic rings. The van der Waals surface area contributed by atoms with Gasteiger partial charge in [0, 0.05) is 17.7 Å². The van der Waals surface area contributed by atoms with E-state index < -0.39 is 23.2 Å². The van der Waals surface area contributed by atoms with Gasteiger partial charge in [-0.25, -0.2) is 13.2 Å². The third-order valence-corrected chi connectivity index (χ3v) is 4.04. The molecule has 0 unspecified atom stereocenters. The van der Waals surface area contributed by atoms with Gasteiger partial charge in [0.15, 0.2) is 23.2 Å². The van der Waals surface area contributed by atoms with Gasteiger partial charge in [0.2, 0.25) is 0 Å². The molecule has 0 radical (unpaired) electrons. The highest BCUT2D eigenvalue weighted by atomic mass is 19.2. The van der Waals surface area contributed by atoms with E-state index in [-0.39, 0.29) is 5.56 Å². The average Bonchev–Trinajstić information content (AvgIpc) is 3.04. The van der Waals surface area contributed by atoms with Gasteiger partial charge >= 0.3 is 0 Å². The SMILES string of the molecule is O=C(c1cccc(CN2CCCC2)c1)c1cc(F)c(F)c(F)c1. The summed E-state index contributed by atoms with van der Waals surface area (Å²) in [5.74, 6) is -4.81. The highest BCUT2D eigenvalue weighted by molar-refractivity contribution is 6.09. The summed E-state index contributed by atoms with van der Waals surface area (Å²) in [5.41, 5.74) is 1.12. The second-order valence-electron chi connectivity index (χ2n) is 5.77. The van der Waals surface area contributed by atoms with Crippen LogP contribution in [0, 0.1) is 17.5 Å². The van der Waals surface area contributed by atoms with Gasteiger partial charge in [0.25, 0.3) is 0 Å². The number of halogens is 3. The van der Waals surface area contributed by atoms with Crippen LogP contribution in [0.2, 0.25) is 0 Å². The van der Waals surface area contributed by atoms with Gasteiger partial charge in [-0.05, 0) is 49.7 Å². The maximum absolute atomic E-state index is 13.3. The second kappa shape index (κ2) is 6.54. The van der Waals surface area contributed by atoms with Gasteiger partial charge in [0.1, 0.15) is 0 Å². The van der Waals surface area contributed by atoms with Crippen molar-refractivity contribution >= 4 is 5.78 Å². The summed E-state index contributed by atoms with van der Waals surface area (Å²) in [5, 5.41) is 0. The Morgan fingerprint density at radius 2 is 1.61 bits per heavy atom. The van der Waals surface area contributed by atoms with Crippen LogP contribution in [-0.2, 0) is 6.54 Å². The molecular weight excluding hydrogens is 303 g/mol. The summed E-state index contributed by atoms with van der Waals surface area (Å²) in [4.78, 5) is 14.7. The Morgan fingerprint density at radius 1 is 0.957 bits per heavy atom. The van der Waals surface area contributed by atoms with Crippen LogP contribution in [-0.4, -0.2) is 23.8 Å². The lowest BCUT2D eigenvalue weighted by Gasteiger charge is -2.15. The molecule has 120 valence electrons. The molecule has 0 amide bonds. The molecule has 0 N–H and O–H groups in total. The topological polar surface area (TPSA) is 20.3 Å². The lowest BCUT2D eigenvalue weighted by molar-refractivity contribution is 0.103. The fourth-order valence-electron chi connectivity index (χ4n) is 2.86. The third-order valence-electron chi connectivity index (χ3n) is 4.04. The molecule has 2 aromatic rings. The molecular formula is C18H16F3NO. The number of ketones is 1. The van der Waals surface area contributed by atoms with Crippen LogP contribution in [0.4, 0.5) is 13.2 Å². The van der Waals surface area contributed by atoms with Crippen LogP contribution in [0.1, 0.15) is 34.3 Å². The fourth-order valence-corrected chi connectivity index (χ4v) is 2.86. The highest BCUT2D eigenvalue weighted by Crippen LogP contribution is 2.19. The summed E-state index contributed by atoms with van der Waals surface area (Å²) in [6.45, 7) is 2.81. The quantitative estimate of drug-likeness (QED) is 0.629. The van der Waals surface area contributed by atoms with E-state index in [0.717, 1.165) is 37.3 Å². The standard InChI is InChI=1S/C18H16F3NO/c19-15-9-14(10-16(20)17(15)21)18(23)13-5-3-4-12(8-13)11-22-6-1-2-7-22/h3-5,8-10H,1-2,6-7,11H2. The first-order valence-electron chi connectivity index (χ1n) is 7.55. The molecule has 3 rings (SSSR count). The van der Waals surface area contributed by atoms with Crippen molar-refractivity contribution < 1.29 is 18.0 Å². The number of rotatable bonds is 4. The van der Waals surface area contributed by atoms with Crippen molar-refractivity contribution in [2.24, 2.45) is 0 Å². The van der Waals surface area contributed by atoms with E-state index in [0.29, 0.717) is 5.56 Å². The minimum Gasteiger partial charge on any atom is -0.299 e. The van der Waals surface area contributed by atoms with Gasteiger partial charge in [-0.2, -0.15) is 0 Å². The minimum absolute atomic E-state index is 0.195. The van der Waals surface area contributed by atoms with E-state index in [2.05, 4.69) is 4.90 Å². The molecule has 0 aromatic heterocycles. The first kappa shape index (κ1) is 15.7. The average molecular weight is 319 g/mol. The molecule has 2 aromatic carbocycles. The van der Waals surface area contributed by atoms with Crippen molar-refractivity contribution in [1.29, 1.82) is 0 Å². The molecule has 23 heavy (non-hydrogen) atoms. The summed E-state index contributed by atoms with van der Waals surface area (Å²) in [7, 11) is 0. The predicted molar refractivity (Wildman–Crippen MR) is 80.7 cm³/mol. The number of hydrogen-bond acceptors (Lipinski definition) is 2. The number of nitrogens with zero attached hydrogens (tertiary/aromatic N) is 1. The molecule has 0 bridgehead atoms. The summed E-state index contributed by atoms with van der Waals surface area (Å²) >= 11 is 0. The molecule has 1 saturated heterocycles. The van der Waals surface area contributed by atoms with Gasteiger partial charge < -0.3 is 0 Å². The predicted octanol–water partition coefficient (Wildman–Crippen LogP) is 3.93. The number of carbonyl (C=O) groups excluding carboxylic acids is 1. The van der Waals surface area contributed by atoms with Gasteiger partial charge in [0.05, 0.1) is 0 Å². The van der Waals surface area contributed by atoms with Gasteiger partial charge in [-0.1, -0.05) is 18.2 Å². The van der Waals surface area contributed by atoms with Crippen LogP contribution in [0.25, 0.3) is 0 Å². The monoisotopic (exact) mass is 319 g/mol. The van der Waals surface area contributed by atoms with Crippen molar-refractivity contribution in [3.05, 3.63) is 70.5 Å². The lowest BCUT2D eigenvalue weighted by atomic mass is 10.0. The molecule has 5 heteroatoms. The lowest BCUT2D eigenvalue weighted by Crippen LogP contribution is -2.18. The van der Waals surface area contributed by atoms with Crippen LogP contribution in [0.5, 0.6) is 0 Å².